The van der Waals surface area contributed by atoms with Gasteiger partial charge in [0.1, 0.15) is 17.7 Å². The summed E-state index contributed by atoms with van der Waals surface area (Å²) in [5.41, 5.74) is 2.70. The lowest BCUT2D eigenvalue weighted by Gasteiger charge is -2.30. The summed E-state index contributed by atoms with van der Waals surface area (Å²) in [5, 5.41) is 4.06. The van der Waals surface area contributed by atoms with Gasteiger partial charge in [0.15, 0.2) is 0 Å². The number of rotatable bonds is 2. The van der Waals surface area contributed by atoms with E-state index < -0.39 is 29.7 Å². The van der Waals surface area contributed by atoms with E-state index in [-0.39, 0.29) is 5.56 Å². The van der Waals surface area contributed by atoms with Crippen LogP contribution in [0, 0.1) is 11.6 Å². The molecule has 4 rings (SSSR count). The first-order valence-electron chi connectivity index (χ1n) is 7.97. The number of nitrogens with one attached hydrogen (secondary N) is 2. The zero-order valence-electron chi connectivity index (χ0n) is 13.5. The average Bonchev–Trinajstić information content (AvgIpc) is 3.01. The highest BCUT2D eigenvalue weighted by Crippen LogP contribution is 2.36. The third kappa shape index (κ3) is 2.59. The Morgan fingerprint density at radius 1 is 1.20 bits per heavy atom. The molecule has 2 unspecified atom stereocenters. The van der Waals surface area contributed by atoms with Crippen LogP contribution in [0.5, 0.6) is 0 Å². The minimum atomic E-state index is -0.670. The molecule has 0 bridgehead atoms. The Bertz CT molecular complexity index is 967. The number of hydrogen-bond donors (Lipinski definition) is 2. The summed E-state index contributed by atoms with van der Waals surface area (Å²) in [4.78, 5) is 15.4. The van der Waals surface area contributed by atoms with Gasteiger partial charge in [-0.3, -0.25) is 10.1 Å². The quantitative estimate of drug-likeness (QED) is 0.703. The molecule has 2 aromatic carbocycles. The molecule has 0 radical (unpaired) electrons. The lowest BCUT2D eigenvalue weighted by Crippen LogP contribution is -2.45. The topological polar surface area (TPSA) is 54.1 Å². The highest BCUT2D eigenvalue weighted by Gasteiger charge is 2.35. The van der Waals surface area contributed by atoms with Gasteiger partial charge < -0.3 is 9.72 Å². The Labute approximate surface area is 142 Å². The number of benzene rings is 2. The maximum Gasteiger partial charge on any atom is 0.323 e. The molecule has 6 heteroatoms. The van der Waals surface area contributed by atoms with Crippen molar-refractivity contribution in [3.8, 4) is 0 Å². The Morgan fingerprint density at radius 3 is 2.80 bits per heavy atom. The van der Waals surface area contributed by atoms with Crippen molar-refractivity contribution in [3.63, 3.8) is 0 Å². The Hall–Kier alpha value is -2.73. The summed E-state index contributed by atoms with van der Waals surface area (Å²) in [7, 11) is 1.31. The summed E-state index contributed by atoms with van der Waals surface area (Å²) in [6.45, 7) is 0. The van der Waals surface area contributed by atoms with Crippen LogP contribution in [0.3, 0.4) is 0 Å². The average molecular weight is 342 g/mol. The lowest BCUT2D eigenvalue weighted by atomic mass is 9.90. The molecule has 0 fully saturated rings. The largest absolute Gasteiger partial charge is 0.468 e. The second kappa shape index (κ2) is 5.97. The molecule has 0 saturated heterocycles. The Morgan fingerprint density at radius 2 is 2.00 bits per heavy atom. The van der Waals surface area contributed by atoms with E-state index in [0.717, 1.165) is 40.4 Å². The van der Waals surface area contributed by atoms with Gasteiger partial charge >= 0.3 is 5.97 Å². The monoisotopic (exact) mass is 342 g/mol. The van der Waals surface area contributed by atoms with E-state index in [2.05, 4.69) is 10.3 Å². The van der Waals surface area contributed by atoms with E-state index in [1.807, 2.05) is 24.3 Å². The molecule has 3 aromatic rings. The third-order valence-electron chi connectivity index (χ3n) is 4.67. The van der Waals surface area contributed by atoms with Gasteiger partial charge in [0.2, 0.25) is 0 Å². The fourth-order valence-electron chi connectivity index (χ4n) is 3.51. The number of methoxy groups -OCH3 is 1. The van der Waals surface area contributed by atoms with Crippen LogP contribution in [0.1, 0.15) is 22.9 Å². The van der Waals surface area contributed by atoms with Crippen LogP contribution in [0.15, 0.2) is 42.5 Å². The highest BCUT2D eigenvalue weighted by atomic mass is 19.1. The minimum absolute atomic E-state index is 0.154. The minimum Gasteiger partial charge on any atom is -0.468 e. The van der Waals surface area contributed by atoms with Crippen LogP contribution in [-0.2, 0) is 16.0 Å². The molecule has 1 aromatic heterocycles. The number of ether oxygens (including phenoxy) is 1. The number of para-hydroxylation sites is 1. The zero-order chi connectivity index (χ0) is 17.6. The van der Waals surface area contributed by atoms with Gasteiger partial charge in [-0.25, -0.2) is 8.78 Å². The molecule has 2 atom stereocenters. The number of fused-ring (bicyclic) bond motifs is 3. The van der Waals surface area contributed by atoms with Crippen molar-refractivity contribution in [2.45, 2.75) is 18.5 Å². The maximum absolute atomic E-state index is 14.4. The van der Waals surface area contributed by atoms with Crippen molar-refractivity contribution in [1.82, 2.24) is 10.3 Å². The number of aromatic nitrogens is 1. The lowest BCUT2D eigenvalue weighted by molar-refractivity contribution is -0.143. The number of halogens is 2. The number of aromatic amines is 1. The van der Waals surface area contributed by atoms with Gasteiger partial charge in [-0.2, -0.15) is 0 Å². The first-order valence-corrected chi connectivity index (χ1v) is 7.97. The van der Waals surface area contributed by atoms with E-state index in [4.69, 9.17) is 4.74 Å². The van der Waals surface area contributed by atoms with Crippen LogP contribution >= 0.6 is 0 Å². The summed E-state index contributed by atoms with van der Waals surface area (Å²) >= 11 is 0. The van der Waals surface area contributed by atoms with Crippen LogP contribution in [0.2, 0.25) is 0 Å². The highest BCUT2D eigenvalue weighted by molar-refractivity contribution is 5.87. The van der Waals surface area contributed by atoms with Crippen LogP contribution in [-0.4, -0.2) is 24.1 Å². The predicted molar refractivity (Wildman–Crippen MR) is 89.1 cm³/mol. The zero-order valence-corrected chi connectivity index (χ0v) is 13.5. The van der Waals surface area contributed by atoms with Gasteiger partial charge in [-0.15, -0.1) is 0 Å². The van der Waals surface area contributed by atoms with E-state index in [1.54, 1.807) is 0 Å². The van der Waals surface area contributed by atoms with Gasteiger partial charge in [0.05, 0.1) is 13.2 Å². The summed E-state index contributed by atoms with van der Waals surface area (Å²) in [6.07, 6.45) is 0.416. The van der Waals surface area contributed by atoms with Crippen molar-refractivity contribution < 1.29 is 18.3 Å². The first kappa shape index (κ1) is 15.8. The predicted octanol–water partition coefficient (Wildman–Crippen LogP) is 3.22. The van der Waals surface area contributed by atoms with E-state index in [9.17, 15) is 13.6 Å². The van der Waals surface area contributed by atoms with E-state index in [1.165, 1.54) is 7.11 Å². The fourth-order valence-corrected chi connectivity index (χ4v) is 3.51. The van der Waals surface area contributed by atoms with Gasteiger partial charge in [-0.05, 0) is 29.8 Å². The molecule has 0 spiro atoms. The summed E-state index contributed by atoms with van der Waals surface area (Å²) in [6, 6.07) is 9.68. The molecule has 2 heterocycles. The number of carbonyl (C=O) groups excluding carboxylic acids is 1. The summed E-state index contributed by atoms with van der Waals surface area (Å²) in [5.74, 6) is -1.50. The van der Waals surface area contributed by atoms with E-state index >= 15 is 0 Å². The molecule has 25 heavy (non-hydrogen) atoms. The van der Waals surface area contributed by atoms with E-state index in [0.29, 0.717) is 6.42 Å². The number of carbonyl (C=O) groups is 1. The smallest absolute Gasteiger partial charge is 0.323 e. The molecule has 1 aliphatic heterocycles. The molecule has 128 valence electrons. The van der Waals surface area contributed by atoms with Gasteiger partial charge in [0, 0.05) is 28.6 Å². The molecule has 1 aliphatic rings. The Kier molecular flexibility index (Phi) is 3.77. The van der Waals surface area contributed by atoms with Crippen molar-refractivity contribution in [2.75, 3.05) is 7.11 Å². The fraction of sp³-hybridized carbons (Fsp3) is 0.211. The maximum atomic E-state index is 14.4. The number of hydrogen-bond acceptors (Lipinski definition) is 3. The molecule has 0 saturated carbocycles. The van der Waals surface area contributed by atoms with Crippen molar-refractivity contribution in [1.29, 1.82) is 0 Å². The second-order valence-corrected chi connectivity index (χ2v) is 6.11. The van der Waals surface area contributed by atoms with Crippen molar-refractivity contribution >= 4 is 16.9 Å². The molecule has 2 N–H and O–H groups in total. The molecular weight excluding hydrogens is 326 g/mol. The van der Waals surface area contributed by atoms with Crippen molar-refractivity contribution in [2.24, 2.45) is 0 Å². The molecular formula is C19H16F2N2O2. The van der Waals surface area contributed by atoms with Crippen LogP contribution in [0.4, 0.5) is 8.78 Å². The SMILES string of the molecule is COC(=O)C1Cc2c([nH]c3ccccc23)C(c2cc(F)ccc2F)N1. The van der Waals surface area contributed by atoms with Crippen LogP contribution in [0.25, 0.3) is 10.9 Å². The van der Waals surface area contributed by atoms with Crippen LogP contribution < -0.4 is 5.32 Å². The Balaban J connectivity index is 1.91. The number of H-pyrrole nitrogens is 1. The van der Waals surface area contributed by atoms with Gasteiger partial charge in [0.25, 0.3) is 0 Å². The number of esters is 1. The molecule has 0 amide bonds. The first-order chi connectivity index (χ1) is 12.1. The normalized spacial score (nSPS) is 19.6. The second-order valence-electron chi connectivity index (χ2n) is 6.11. The summed E-state index contributed by atoms with van der Waals surface area (Å²) < 4.78 is 32.9. The van der Waals surface area contributed by atoms with Gasteiger partial charge in [-0.1, -0.05) is 18.2 Å². The standard InChI is InChI=1S/C19H16F2N2O2/c1-25-19(24)16-9-12-11-4-2-3-5-15(11)22-17(12)18(23-16)13-8-10(20)6-7-14(13)21/h2-8,16,18,22-23H,9H2,1H3. The molecule has 4 nitrogen and oxygen atoms in total. The van der Waals surface area contributed by atoms with Crippen molar-refractivity contribution in [3.05, 3.63) is 70.9 Å². The molecule has 0 aliphatic carbocycles. The third-order valence-corrected chi connectivity index (χ3v) is 4.67.